The van der Waals surface area contributed by atoms with Gasteiger partial charge in [-0.2, -0.15) is 0 Å². The van der Waals surface area contributed by atoms with Gasteiger partial charge in [-0.3, -0.25) is 0 Å². The number of para-hydroxylation sites is 2. The maximum atomic E-state index is 2.53. The number of rotatable bonds is 6. The van der Waals surface area contributed by atoms with E-state index in [1.54, 1.807) is 0 Å². The van der Waals surface area contributed by atoms with Crippen molar-refractivity contribution in [2.45, 2.75) is 39.5 Å². The third kappa shape index (κ3) is 4.91. The fourth-order valence-corrected chi connectivity index (χ4v) is 9.31. The van der Waals surface area contributed by atoms with Gasteiger partial charge < -0.3 is 4.57 Å². The molecule has 0 amide bonds. The van der Waals surface area contributed by atoms with Crippen molar-refractivity contribution in [2.75, 3.05) is 0 Å². The first-order valence-corrected chi connectivity index (χ1v) is 19.1. The van der Waals surface area contributed by atoms with Crippen molar-refractivity contribution in [1.82, 2.24) is 4.57 Å². The topological polar surface area (TPSA) is 4.93 Å². The third-order valence-corrected chi connectivity index (χ3v) is 11.7. The lowest BCUT2D eigenvalue weighted by molar-refractivity contribution is 0.643. The average Bonchev–Trinajstić information content (AvgIpc) is 3.54. The fourth-order valence-electron chi connectivity index (χ4n) is 9.31. The lowest BCUT2D eigenvalue weighted by atomic mass is 9.82. The highest BCUT2D eigenvalue weighted by Gasteiger charge is 2.22. The summed E-state index contributed by atoms with van der Waals surface area (Å²) in [5.41, 5.74) is 11.5. The zero-order valence-electron chi connectivity index (χ0n) is 30.5. The molecule has 0 radical (unpaired) electrons. The van der Waals surface area contributed by atoms with Crippen LogP contribution in [0.2, 0.25) is 0 Å². The first-order valence-electron chi connectivity index (χ1n) is 19.1. The predicted molar refractivity (Wildman–Crippen MR) is 230 cm³/mol. The highest BCUT2D eigenvalue weighted by Crippen LogP contribution is 2.48. The van der Waals surface area contributed by atoms with Crippen molar-refractivity contribution < 1.29 is 0 Å². The van der Waals surface area contributed by atoms with Gasteiger partial charge in [-0.15, -0.1) is 0 Å². The molecular weight excluding hydrogens is 639 g/mol. The Hall–Kier alpha value is -6.18. The first-order chi connectivity index (χ1) is 26.1. The van der Waals surface area contributed by atoms with Crippen molar-refractivity contribution in [1.29, 1.82) is 0 Å². The van der Waals surface area contributed by atoms with Gasteiger partial charge in [0.15, 0.2) is 0 Å². The quantitative estimate of drug-likeness (QED) is 0.122. The molecule has 1 heteroatoms. The fraction of sp³-hybridized carbons (Fsp3) is 0.115. The number of benzene rings is 9. The number of aryl methyl sites for hydroxylation is 1. The Morgan fingerprint density at radius 3 is 1.66 bits per heavy atom. The molecule has 10 aromatic rings. The second kappa shape index (κ2) is 12.5. The van der Waals surface area contributed by atoms with Gasteiger partial charge in [-0.25, -0.2) is 0 Å². The molecule has 254 valence electrons. The molecule has 9 aromatic carbocycles. The summed E-state index contributed by atoms with van der Waals surface area (Å²) in [5.74, 6) is 0.511. The summed E-state index contributed by atoms with van der Waals surface area (Å²) < 4.78 is 2.45. The van der Waals surface area contributed by atoms with Gasteiger partial charge in [-0.1, -0.05) is 147 Å². The summed E-state index contributed by atoms with van der Waals surface area (Å²) in [7, 11) is 0. The summed E-state index contributed by atoms with van der Waals surface area (Å²) in [6, 6.07) is 61.5. The van der Waals surface area contributed by atoms with Crippen molar-refractivity contribution in [3.8, 4) is 27.9 Å². The van der Waals surface area contributed by atoms with E-state index < -0.39 is 0 Å². The van der Waals surface area contributed by atoms with Crippen LogP contribution >= 0.6 is 0 Å². The second-order valence-corrected chi connectivity index (χ2v) is 14.7. The van der Waals surface area contributed by atoms with Crippen LogP contribution in [0, 0.1) is 6.92 Å². The van der Waals surface area contributed by atoms with Gasteiger partial charge in [0.1, 0.15) is 0 Å². The molecule has 1 heterocycles. The molecule has 0 atom stereocenters. The van der Waals surface area contributed by atoms with Crippen LogP contribution in [0.1, 0.15) is 43.7 Å². The van der Waals surface area contributed by atoms with Crippen LogP contribution in [0.15, 0.2) is 164 Å². The number of aromatic nitrogens is 1. The Kier molecular flexibility index (Phi) is 7.44. The summed E-state index contributed by atoms with van der Waals surface area (Å²) in [6.45, 7) is 6.89. The van der Waals surface area contributed by atoms with Crippen LogP contribution in [-0.2, 0) is 0 Å². The first kappa shape index (κ1) is 31.5. The standard InChI is InChI=1S/C52H41N/c1-4-34(5-2)35-26-27-46-48(31-35)52(47-32-36-16-6-7-17-39(36)40-18-8-9-19-41(40)47)45-23-11-10-22-44(45)51(46)37-28-33(3)29-38(30-37)53-49-24-14-12-20-42(49)43-21-13-15-25-50(43)53/h6-32,34H,4-5H2,1-3H3. The van der Waals surface area contributed by atoms with E-state index in [2.05, 4.69) is 189 Å². The van der Waals surface area contributed by atoms with Crippen molar-refractivity contribution in [2.24, 2.45) is 0 Å². The van der Waals surface area contributed by atoms with Crippen molar-refractivity contribution in [3.63, 3.8) is 0 Å². The largest absolute Gasteiger partial charge is 0.309 e. The molecule has 53 heavy (non-hydrogen) atoms. The normalized spacial score (nSPS) is 12.0. The molecule has 0 fully saturated rings. The maximum absolute atomic E-state index is 2.53. The minimum Gasteiger partial charge on any atom is -0.309 e. The number of hydrogen-bond donors (Lipinski definition) is 0. The van der Waals surface area contributed by atoms with E-state index in [0.29, 0.717) is 5.92 Å². The van der Waals surface area contributed by atoms with E-state index in [4.69, 9.17) is 0 Å². The molecule has 0 aliphatic heterocycles. The van der Waals surface area contributed by atoms with Crippen LogP contribution in [0.4, 0.5) is 0 Å². The molecule has 0 spiro atoms. The molecular formula is C52H41N. The molecule has 0 unspecified atom stereocenters. The minimum absolute atomic E-state index is 0.511. The summed E-state index contributed by atoms with van der Waals surface area (Å²) in [4.78, 5) is 0. The molecule has 1 nitrogen and oxygen atoms in total. The maximum Gasteiger partial charge on any atom is 0.0541 e. The van der Waals surface area contributed by atoms with E-state index >= 15 is 0 Å². The van der Waals surface area contributed by atoms with Crippen LogP contribution in [-0.4, -0.2) is 4.57 Å². The van der Waals surface area contributed by atoms with E-state index in [-0.39, 0.29) is 0 Å². The van der Waals surface area contributed by atoms with E-state index in [0.717, 1.165) is 12.8 Å². The molecule has 0 bridgehead atoms. The van der Waals surface area contributed by atoms with Crippen LogP contribution < -0.4 is 0 Å². The third-order valence-electron chi connectivity index (χ3n) is 11.7. The van der Waals surface area contributed by atoms with Crippen molar-refractivity contribution in [3.05, 3.63) is 175 Å². The lowest BCUT2D eigenvalue weighted by Gasteiger charge is -2.22. The smallest absolute Gasteiger partial charge is 0.0541 e. The second-order valence-electron chi connectivity index (χ2n) is 14.7. The Morgan fingerprint density at radius 2 is 0.981 bits per heavy atom. The van der Waals surface area contributed by atoms with Crippen LogP contribution in [0.3, 0.4) is 0 Å². The van der Waals surface area contributed by atoms with E-state index in [1.807, 2.05) is 0 Å². The van der Waals surface area contributed by atoms with Gasteiger partial charge in [0, 0.05) is 16.5 Å². The lowest BCUT2D eigenvalue weighted by Crippen LogP contribution is -1.99. The van der Waals surface area contributed by atoms with Gasteiger partial charge in [0.25, 0.3) is 0 Å². The summed E-state index contributed by atoms with van der Waals surface area (Å²) >= 11 is 0. The Balaban J connectivity index is 1.33. The molecule has 0 saturated carbocycles. The zero-order valence-corrected chi connectivity index (χ0v) is 30.5. The molecule has 0 saturated heterocycles. The van der Waals surface area contributed by atoms with Crippen LogP contribution in [0.25, 0.3) is 92.8 Å². The SMILES string of the molecule is CCC(CC)c1ccc2c(-c3cc(C)cc(-n4c5ccccc5c5ccccc54)c3)c3ccccc3c(-c3cc4ccccc4c4ccccc34)c2c1. The molecule has 0 N–H and O–H groups in total. The monoisotopic (exact) mass is 679 g/mol. The zero-order chi connectivity index (χ0) is 35.6. The van der Waals surface area contributed by atoms with E-state index in [9.17, 15) is 0 Å². The summed E-state index contributed by atoms with van der Waals surface area (Å²) in [5, 5.41) is 12.9. The highest BCUT2D eigenvalue weighted by atomic mass is 15.0. The number of nitrogens with zero attached hydrogens (tertiary/aromatic N) is 1. The van der Waals surface area contributed by atoms with Crippen LogP contribution in [0.5, 0.6) is 0 Å². The van der Waals surface area contributed by atoms with E-state index in [1.165, 1.54) is 104 Å². The van der Waals surface area contributed by atoms with Crippen molar-refractivity contribution >= 4 is 64.9 Å². The Bertz CT molecular complexity index is 2990. The van der Waals surface area contributed by atoms with Gasteiger partial charge in [0.2, 0.25) is 0 Å². The van der Waals surface area contributed by atoms with Gasteiger partial charge in [-0.05, 0) is 132 Å². The number of hydrogen-bond acceptors (Lipinski definition) is 0. The predicted octanol–water partition coefficient (Wildman–Crippen LogP) is 14.9. The minimum atomic E-state index is 0.511. The molecule has 0 aliphatic rings. The molecule has 10 rings (SSSR count). The average molecular weight is 680 g/mol. The summed E-state index contributed by atoms with van der Waals surface area (Å²) in [6.07, 6.45) is 2.24. The number of fused-ring (bicyclic) bond motifs is 8. The Labute approximate surface area is 310 Å². The Morgan fingerprint density at radius 1 is 0.434 bits per heavy atom. The van der Waals surface area contributed by atoms with Gasteiger partial charge >= 0.3 is 0 Å². The highest BCUT2D eigenvalue weighted by molar-refractivity contribution is 6.26. The molecule has 1 aromatic heterocycles. The molecule has 0 aliphatic carbocycles. The van der Waals surface area contributed by atoms with Gasteiger partial charge in [0.05, 0.1) is 11.0 Å².